The zero-order valence-corrected chi connectivity index (χ0v) is 16.5. The van der Waals surface area contributed by atoms with E-state index in [1.165, 1.54) is 0 Å². The Balaban J connectivity index is 1.38. The quantitative estimate of drug-likeness (QED) is 0.646. The van der Waals surface area contributed by atoms with Gasteiger partial charge in [-0.25, -0.2) is 0 Å². The second-order valence-electron chi connectivity index (χ2n) is 8.24. The van der Waals surface area contributed by atoms with Gasteiger partial charge >= 0.3 is 0 Å². The molecule has 3 aliphatic rings. The molecule has 1 amide bonds. The summed E-state index contributed by atoms with van der Waals surface area (Å²) in [5, 5.41) is 3.73. The first-order valence-corrected chi connectivity index (χ1v) is 10.0. The van der Waals surface area contributed by atoms with Gasteiger partial charge in [0, 0.05) is 56.7 Å². The third-order valence-electron chi connectivity index (χ3n) is 6.29. The summed E-state index contributed by atoms with van der Waals surface area (Å²) in [7, 11) is 0. The molecule has 1 aromatic rings. The molecule has 1 saturated carbocycles. The zero-order chi connectivity index (χ0) is 19.0. The van der Waals surface area contributed by atoms with Crippen molar-refractivity contribution >= 4 is 11.9 Å². The number of hydrogen-bond donors (Lipinski definition) is 1. The van der Waals surface area contributed by atoms with Gasteiger partial charge in [-0.2, -0.15) is 0 Å². The van der Waals surface area contributed by atoms with Crippen molar-refractivity contribution in [1.29, 1.82) is 0 Å². The molecule has 0 bridgehead atoms. The summed E-state index contributed by atoms with van der Waals surface area (Å²) in [5.41, 5.74) is 0.118. The van der Waals surface area contributed by atoms with Gasteiger partial charge in [0.1, 0.15) is 0 Å². The van der Waals surface area contributed by atoms with Crippen molar-refractivity contribution in [3.63, 3.8) is 0 Å². The number of piperazine rings is 1. The minimum atomic E-state index is -0.0346. The number of fused-ring (bicyclic) bond motifs is 1. The second kappa shape index (κ2) is 7.19. The average Bonchev–Trinajstić information content (AvgIpc) is 3.35. The fourth-order valence-electron chi connectivity index (χ4n) is 4.82. The van der Waals surface area contributed by atoms with Crippen LogP contribution in [0, 0.1) is 11.3 Å². The SMILES string of the molecule is CCN=C(NC1C2CCOC2C1(C)C)N1CCN(C(=O)c2ccco2)CC1. The summed E-state index contributed by atoms with van der Waals surface area (Å²) in [6.07, 6.45) is 3.02. The molecule has 0 radical (unpaired) electrons. The molecule has 3 heterocycles. The van der Waals surface area contributed by atoms with E-state index >= 15 is 0 Å². The molecule has 27 heavy (non-hydrogen) atoms. The Morgan fingerprint density at radius 2 is 2.04 bits per heavy atom. The lowest BCUT2D eigenvalue weighted by Crippen LogP contribution is -2.68. The lowest BCUT2D eigenvalue weighted by Gasteiger charge is -2.55. The van der Waals surface area contributed by atoms with Gasteiger partial charge in [0.15, 0.2) is 11.7 Å². The summed E-state index contributed by atoms with van der Waals surface area (Å²) in [5.74, 6) is 1.91. The van der Waals surface area contributed by atoms with Gasteiger partial charge in [0.2, 0.25) is 0 Å². The Hall–Kier alpha value is -2.02. The van der Waals surface area contributed by atoms with Crippen LogP contribution >= 0.6 is 0 Å². The van der Waals surface area contributed by atoms with Crippen LogP contribution in [0.15, 0.2) is 27.8 Å². The minimum absolute atomic E-state index is 0.0346. The normalized spacial score (nSPS) is 30.0. The van der Waals surface area contributed by atoms with Crippen molar-refractivity contribution in [1.82, 2.24) is 15.1 Å². The Labute approximate surface area is 160 Å². The van der Waals surface area contributed by atoms with Crippen molar-refractivity contribution in [2.24, 2.45) is 16.3 Å². The van der Waals surface area contributed by atoms with E-state index in [0.717, 1.165) is 38.6 Å². The van der Waals surface area contributed by atoms with Crippen molar-refractivity contribution in [2.75, 3.05) is 39.3 Å². The molecule has 4 rings (SSSR count). The molecular formula is C20H30N4O3. The van der Waals surface area contributed by atoms with Crippen LogP contribution in [-0.2, 0) is 4.74 Å². The van der Waals surface area contributed by atoms with E-state index < -0.39 is 0 Å². The predicted octanol–water partition coefficient (Wildman–Crippen LogP) is 1.82. The number of nitrogens with one attached hydrogen (secondary N) is 1. The molecule has 2 saturated heterocycles. The van der Waals surface area contributed by atoms with Crippen molar-refractivity contribution < 1.29 is 13.9 Å². The van der Waals surface area contributed by atoms with E-state index in [4.69, 9.17) is 14.1 Å². The van der Waals surface area contributed by atoms with Gasteiger partial charge in [0.25, 0.3) is 5.91 Å². The number of carbonyl (C=O) groups excluding carboxylic acids is 1. The summed E-state index contributed by atoms with van der Waals surface area (Å²) in [6.45, 7) is 11.1. The molecule has 1 aromatic heterocycles. The second-order valence-corrected chi connectivity index (χ2v) is 8.24. The standard InChI is InChI=1S/C20H30N4O3/c1-4-21-19(22-16-14-7-13-27-17(14)20(16,2)3)24-10-8-23(9-11-24)18(25)15-6-5-12-26-15/h5-6,12,14,16-17H,4,7-11,13H2,1-3H3,(H,21,22). The largest absolute Gasteiger partial charge is 0.459 e. The van der Waals surface area contributed by atoms with Crippen LogP contribution in [0.25, 0.3) is 0 Å². The summed E-state index contributed by atoms with van der Waals surface area (Å²) in [6, 6.07) is 3.86. The number of hydrogen-bond acceptors (Lipinski definition) is 4. The fraction of sp³-hybridized carbons (Fsp3) is 0.700. The molecule has 3 fully saturated rings. The van der Waals surface area contributed by atoms with Crippen LogP contribution in [0.5, 0.6) is 0 Å². The topological polar surface area (TPSA) is 70.3 Å². The van der Waals surface area contributed by atoms with Gasteiger partial charge < -0.3 is 24.3 Å². The number of nitrogens with zero attached hydrogens (tertiary/aromatic N) is 3. The molecule has 3 unspecified atom stereocenters. The number of guanidine groups is 1. The Kier molecular flexibility index (Phi) is 4.88. The lowest BCUT2D eigenvalue weighted by atomic mass is 9.57. The predicted molar refractivity (Wildman–Crippen MR) is 103 cm³/mol. The number of aliphatic imine (C=N–C) groups is 1. The first-order valence-electron chi connectivity index (χ1n) is 10.0. The third-order valence-corrected chi connectivity index (χ3v) is 6.29. The molecule has 148 valence electrons. The summed E-state index contributed by atoms with van der Waals surface area (Å²) in [4.78, 5) is 21.3. The van der Waals surface area contributed by atoms with E-state index in [1.807, 2.05) is 4.90 Å². The van der Waals surface area contributed by atoms with Crippen LogP contribution in [0.2, 0.25) is 0 Å². The van der Waals surface area contributed by atoms with E-state index in [0.29, 0.717) is 36.9 Å². The Morgan fingerprint density at radius 3 is 2.70 bits per heavy atom. The van der Waals surface area contributed by atoms with Crippen LogP contribution < -0.4 is 5.32 Å². The fourth-order valence-corrected chi connectivity index (χ4v) is 4.82. The summed E-state index contributed by atoms with van der Waals surface area (Å²) >= 11 is 0. The highest BCUT2D eigenvalue weighted by molar-refractivity contribution is 5.91. The minimum Gasteiger partial charge on any atom is -0.459 e. The van der Waals surface area contributed by atoms with Crippen LogP contribution in [0.3, 0.4) is 0 Å². The third kappa shape index (κ3) is 3.22. The van der Waals surface area contributed by atoms with Gasteiger partial charge in [-0.15, -0.1) is 0 Å². The number of furan rings is 1. The van der Waals surface area contributed by atoms with Gasteiger partial charge in [-0.05, 0) is 25.5 Å². The Morgan fingerprint density at radius 1 is 1.30 bits per heavy atom. The number of ether oxygens (including phenoxy) is 1. The maximum absolute atomic E-state index is 12.5. The van der Waals surface area contributed by atoms with E-state index in [-0.39, 0.29) is 11.3 Å². The van der Waals surface area contributed by atoms with Gasteiger partial charge in [0.05, 0.1) is 12.4 Å². The number of carbonyl (C=O) groups is 1. The van der Waals surface area contributed by atoms with E-state index in [9.17, 15) is 4.79 Å². The first-order chi connectivity index (χ1) is 13.0. The maximum atomic E-state index is 12.5. The smallest absolute Gasteiger partial charge is 0.289 e. The molecule has 7 heteroatoms. The maximum Gasteiger partial charge on any atom is 0.289 e. The van der Waals surface area contributed by atoms with Crippen molar-refractivity contribution in [3.8, 4) is 0 Å². The van der Waals surface area contributed by atoms with Crippen LogP contribution in [0.4, 0.5) is 0 Å². The molecule has 7 nitrogen and oxygen atoms in total. The number of rotatable bonds is 3. The van der Waals surface area contributed by atoms with Crippen molar-refractivity contribution in [3.05, 3.63) is 24.2 Å². The van der Waals surface area contributed by atoms with E-state index in [2.05, 4.69) is 31.0 Å². The average molecular weight is 374 g/mol. The molecule has 0 aromatic carbocycles. The molecule has 1 aliphatic carbocycles. The van der Waals surface area contributed by atoms with Gasteiger partial charge in [-0.1, -0.05) is 13.8 Å². The summed E-state index contributed by atoms with van der Waals surface area (Å²) < 4.78 is 11.2. The Bertz CT molecular complexity index is 692. The molecule has 0 spiro atoms. The zero-order valence-electron chi connectivity index (χ0n) is 16.5. The van der Waals surface area contributed by atoms with Crippen LogP contribution in [-0.4, -0.2) is 73.1 Å². The highest BCUT2D eigenvalue weighted by atomic mass is 16.5. The molecular weight excluding hydrogens is 344 g/mol. The highest BCUT2D eigenvalue weighted by Crippen LogP contribution is 2.52. The number of amides is 1. The first kappa shape index (κ1) is 18.3. The van der Waals surface area contributed by atoms with Gasteiger partial charge in [-0.3, -0.25) is 9.79 Å². The lowest BCUT2D eigenvalue weighted by molar-refractivity contribution is -0.107. The monoisotopic (exact) mass is 374 g/mol. The van der Waals surface area contributed by atoms with E-state index in [1.54, 1.807) is 18.4 Å². The highest BCUT2D eigenvalue weighted by Gasteiger charge is 2.59. The molecule has 2 aliphatic heterocycles. The van der Waals surface area contributed by atoms with Crippen molar-refractivity contribution in [2.45, 2.75) is 39.3 Å². The molecule has 1 N–H and O–H groups in total. The molecule has 3 atom stereocenters. The van der Waals surface area contributed by atoms with Crippen LogP contribution in [0.1, 0.15) is 37.7 Å².